The van der Waals surface area contributed by atoms with Gasteiger partial charge in [0.2, 0.25) is 11.8 Å². The molecule has 4 heterocycles. The Morgan fingerprint density at radius 1 is 0.970 bits per heavy atom. The van der Waals surface area contributed by atoms with E-state index in [0.29, 0.717) is 12.5 Å². The maximum absolute atomic E-state index is 13.0. The van der Waals surface area contributed by atoms with Crippen molar-refractivity contribution in [3.63, 3.8) is 0 Å². The summed E-state index contributed by atoms with van der Waals surface area (Å²) in [7, 11) is 0. The number of aromatic nitrogens is 1. The molecule has 2 saturated heterocycles. The molecule has 3 N–H and O–H groups in total. The van der Waals surface area contributed by atoms with E-state index in [1.54, 1.807) is 18.2 Å². The van der Waals surface area contributed by atoms with Crippen molar-refractivity contribution in [1.29, 1.82) is 0 Å². The number of piperidine rings is 2. The summed E-state index contributed by atoms with van der Waals surface area (Å²) >= 11 is 0. The van der Waals surface area contributed by atoms with Crippen molar-refractivity contribution in [3.8, 4) is 0 Å². The molecule has 33 heavy (non-hydrogen) atoms. The van der Waals surface area contributed by atoms with E-state index >= 15 is 0 Å². The van der Waals surface area contributed by atoms with Crippen molar-refractivity contribution in [1.82, 2.24) is 20.5 Å². The van der Waals surface area contributed by atoms with Crippen LogP contribution in [0.4, 0.5) is 5.69 Å². The van der Waals surface area contributed by atoms with E-state index in [0.717, 1.165) is 47.8 Å². The average Bonchev–Trinajstić information content (AvgIpc) is 3.08. The van der Waals surface area contributed by atoms with Gasteiger partial charge in [0.25, 0.3) is 11.8 Å². The molecule has 1 atom stereocenters. The van der Waals surface area contributed by atoms with E-state index in [2.05, 4.69) is 27.0 Å². The van der Waals surface area contributed by atoms with E-state index in [1.807, 2.05) is 12.3 Å². The Kier molecular flexibility index (Phi) is 5.63. The first-order valence-corrected chi connectivity index (χ1v) is 11.3. The third-order valence-electron chi connectivity index (χ3n) is 6.54. The molecule has 0 saturated carbocycles. The Morgan fingerprint density at radius 3 is 2.55 bits per heavy atom. The number of carbonyl (C=O) groups excluding carboxylic acids is 4. The van der Waals surface area contributed by atoms with Gasteiger partial charge in [-0.05, 0) is 62.2 Å². The molecule has 3 aliphatic heterocycles. The lowest BCUT2D eigenvalue weighted by molar-refractivity contribution is -0.136. The monoisotopic (exact) mass is 447 g/mol. The van der Waals surface area contributed by atoms with Gasteiger partial charge in [0.05, 0.1) is 11.1 Å². The van der Waals surface area contributed by atoms with Crippen molar-refractivity contribution in [2.45, 2.75) is 44.2 Å². The van der Waals surface area contributed by atoms with Crippen LogP contribution in [-0.4, -0.2) is 52.6 Å². The van der Waals surface area contributed by atoms with Crippen molar-refractivity contribution in [2.75, 3.05) is 18.4 Å². The molecule has 0 spiro atoms. The zero-order chi connectivity index (χ0) is 22.9. The molecule has 170 valence electrons. The SMILES string of the molecule is O=C1CCC(N2C(=O)c3ccc(CNc4ccnc(C5CCNCC5)c4)cc3C2=O)C(=O)N1. The summed E-state index contributed by atoms with van der Waals surface area (Å²) in [6, 6.07) is 8.16. The van der Waals surface area contributed by atoms with Crippen molar-refractivity contribution in [3.05, 3.63) is 58.9 Å². The van der Waals surface area contributed by atoms with Crippen LogP contribution in [0.3, 0.4) is 0 Å². The number of hydrogen-bond acceptors (Lipinski definition) is 7. The lowest BCUT2D eigenvalue weighted by Crippen LogP contribution is -2.54. The smallest absolute Gasteiger partial charge is 0.262 e. The van der Waals surface area contributed by atoms with Gasteiger partial charge in [-0.1, -0.05) is 6.07 Å². The van der Waals surface area contributed by atoms with Gasteiger partial charge in [-0.25, -0.2) is 0 Å². The van der Waals surface area contributed by atoms with Gasteiger partial charge in [-0.2, -0.15) is 0 Å². The van der Waals surface area contributed by atoms with E-state index < -0.39 is 23.8 Å². The van der Waals surface area contributed by atoms with Gasteiger partial charge in [-0.3, -0.25) is 34.4 Å². The van der Waals surface area contributed by atoms with Crippen LogP contribution in [0.25, 0.3) is 0 Å². The largest absolute Gasteiger partial charge is 0.381 e. The normalized spacial score (nSPS) is 21.2. The van der Waals surface area contributed by atoms with Gasteiger partial charge in [0, 0.05) is 36.5 Å². The molecule has 0 bridgehead atoms. The van der Waals surface area contributed by atoms with Gasteiger partial charge in [0.1, 0.15) is 6.04 Å². The van der Waals surface area contributed by atoms with Crippen molar-refractivity contribution < 1.29 is 19.2 Å². The molecule has 4 amide bonds. The average molecular weight is 447 g/mol. The third kappa shape index (κ3) is 4.11. The second kappa shape index (κ2) is 8.74. The summed E-state index contributed by atoms with van der Waals surface area (Å²) in [5.74, 6) is -1.53. The van der Waals surface area contributed by atoms with Gasteiger partial charge in [0.15, 0.2) is 0 Å². The first-order valence-electron chi connectivity index (χ1n) is 11.3. The highest BCUT2D eigenvalue weighted by atomic mass is 16.2. The molecule has 0 radical (unpaired) electrons. The van der Waals surface area contributed by atoms with Crippen molar-refractivity contribution in [2.24, 2.45) is 0 Å². The van der Waals surface area contributed by atoms with Gasteiger partial charge >= 0.3 is 0 Å². The number of carbonyl (C=O) groups is 4. The Morgan fingerprint density at radius 2 is 1.76 bits per heavy atom. The summed E-state index contributed by atoms with van der Waals surface area (Å²) in [6.07, 6.45) is 4.20. The zero-order valence-electron chi connectivity index (χ0n) is 18.1. The zero-order valence-corrected chi connectivity index (χ0v) is 18.1. The lowest BCUT2D eigenvalue weighted by Gasteiger charge is -2.27. The fourth-order valence-corrected chi connectivity index (χ4v) is 4.73. The molecule has 9 nitrogen and oxygen atoms in total. The van der Waals surface area contributed by atoms with Gasteiger partial charge < -0.3 is 10.6 Å². The Labute approximate surface area is 190 Å². The number of nitrogens with one attached hydrogen (secondary N) is 3. The highest BCUT2D eigenvalue weighted by molar-refractivity contribution is 6.23. The molecule has 5 rings (SSSR count). The summed E-state index contributed by atoms with van der Waals surface area (Å²) in [5.41, 5.74) is 3.45. The maximum Gasteiger partial charge on any atom is 0.262 e. The molecule has 9 heteroatoms. The van der Waals surface area contributed by atoms with Crippen LogP contribution in [0.2, 0.25) is 0 Å². The predicted octanol–water partition coefficient (Wildman–Crippen LogP) is 1.56. The number of nitrogens with zero attached hydrogens (tertiary/aromatic N) is 2. The highest BCUT2D eigenvalue weighted by Gasteiger charge is 2.44. The molecule has 2 fully saturated rings. The van der Waals surface area contributed by atoms with Crippen LogP contribution in [0.1, 0.15) is 63.6 Å². The number of rotatable bonds is 5. The first kappa shape index (κ1) is 21.3. The van der Waals surface area contributed by atoms with E-state index in [9.17, 15) is 19.2 Å². The minimum Gasteiger partial charge on any atom is -0.381 e. The van der Waals surface area contributed by atoms with Crippen LogP contribution >= 0.6 is 0 Å². The number of pyridine rings is 1. The Hall–Kier alpha value is -3.59. The summed E-state index contributed by atoms with van der Waals surface area (Å²) in [5, 5.41) is 8.95. The van der Waals surface area contributed by atoms with E-state index in [1.165, 1.54) is 0 Å². The number of amides is 4. The fraction of sp³-hybridized carbons (Fsp3) is 0.375. The van der Waals surface area contributed by atoms with Crippen molar-refractivity contribution >= 4 is 29.3 Å². The summed E-state index contributed by atoms with van der Waals surface area (Å²) in [4.78, 5) is 55.0. The molecule has 3 aliphatic rings. The summed E-state index contributed by atoms with van der Waals surface area (Å²) < 4.78 is 0. The number of anilines is 1. The Balaban J connectivity index is 1.29. The first-order chi connectivity index (χ1) is 16.0. The standard InChI is InChI=1S/C24H25N5O4/c30-21-4-3-20(22(31)28-21)29-23(32)17-2-1-14(11-18(17)24(29)33)13-27-16-7-10-26-19(12-16)15-5-8-25-9-6-15/h1-2,7,10-12,15,20,25H,3-6,8-9,13H2,(H,26,27)(H,28,30,31). The minimum absolute atomic E-state index is 0.101. The molecule has 1 aromatic heterocycles. The van der Waals surface area contributed by atoms with E-state index in [-0.39, 0.29) is 29.9 Å². The topological polar surface area (TPSA) is 120 Å². The highest BCUT2D eigenvalue weighted by Crippen LogP contribution is 2.29. The minimum atomic E-state index is -0.957. The molecule has 0 aliphatic carbocycles. The van der Waals surface area contributed by atoms with Crippen LogP contribution in [0, 0.1) is 0 Å². The van der Waals surface area contributed by atoms with Crippen LogP contribution in [-0.2, 0) is 16.1 Å². The second-order valence-corrected chi connectivity index (χ2v) is 8.67. The second-order valence-electron chi connectivity index (χ2n) is 8.67. The Bertz CT molecular complexity index is 1140. The molecule has 1 aromatic carbocycles. The lowest BCUT2D eigenvalue weighted by atomic mass is 9.94. The number of benzene rings is 1. The van der Waals surface area contributed by atoms with Crippen LogP contribution < -0.4 is 16.0 Å². The summed E-state index contributed by atoms with van der Waals surface area (Å²) in [6.45, 7) is 2.48. The van der Waals surface area contributed by atoms with Crippen LogP contribution in [0.5, 0.6) is 0 Å². The molecular formula is C24H25N5O4. The maximum atomic E-state index is 13.0. The number of imide groups is 2. The quantitative estimate of drug-likeness (QED) is 0.595. The molecular weight excluding hydrogens is 422 g/mol. The third-order valence-corrected chi connectivity index (χ3v) is 6.54. The number of hydrogen-bond donors (Lipinski definition) is 3. The van der Waals surface area contributed by atoms with Gasteiger partial charge in [-0.15, -0.1) is 0 Å². The van der Waals surface area contributed by atoms with E-state index in [4.69, 9.17) is 0 Å². The van der Waals surface area contributed by atoms with Crippen LogP contribution in [0.15, 0.2) is 36.5 Å². The fourth-order valence-electron chi connectivity index (χ4n) is 4.73. The predicted molar refractivity (Wildman–Crippen MR) is 120 cm³/mol. The molecule has 1 unspecified atom stereocenters. The molecule has 2 aromatic rings. The number of fused-ring (bicyclic) bond motifs is 1.